The van der Waals surface area contributed by atoms with Crippen LogP contribution < -0.4 is 5.73 Å². The maximum absolute atomic E-state index is 16.0. The standard InChI is InChI=1S/C25H23ClFN5O4/c1-25(36-22(33)16-10-6-3-7-11-16)19(27)17(13-34-12-15-8-4-2-5-9-15)35-23(25)32-14-29-18-20(26)30-24(28)31-21(18)32/h2-11,14,17,19,23H,12-13H2,1H3,(H2,28,30,31). The van der Waals surface area contributed by atoms with Gasteiger partial charge in [0.05, 0.1) is 25.1 Å². The molecule has 11 heteroatoms. The number of nitrogens with two attached hydrogens (primary N) is 1. The summed E-state index contributed by atoms with van der Waals surface area (Å²) in [7, 11) is 0. The van der Waals surface area contributed by atoms with Crippen LogP contribution in [0.15, 0.2) is 67.0 Å². The number of imidazole rings is 1. The van der Waals surface area contributed by atoms with E-state index in [2.05, 4.69) is 15.0 Å². The number of aromatic nitrogens is 4. The van der Waals surface area contributed by atoms with Crippen LogP contribution in [-0.4, -0.2) is 50.0 Å². The van der Waals surface area contributed by atoms with Gasteiger partial charge in [-0.1, -0.05) is 60.1 Å². The summed E-state index contributed by atoms with van der Waals surface area (Å²) in [4.78, 5) is 25.3. The van der Waals surface area contributed by atoms with Gasteiger partial charge in [-0.3, -0.25) is 4.57 Å². The zero-order valence-corrected chi connectivity index (χ0v) is 20.0. The number of alkyl halides is 1. The molecule has 2 N–H and O–H groups in total. The van der Waals surface area contributed by atoms with Crippen LogP contribution in [0, 0.1) is 0 Å². The second-order valence-corrected chi connectivity index (χ2v) is 8.92. The molecule has 3 heterocycles. The van der Waals surface area contributed by atoms with Crippen molar-refractivity contribution >= 4 is 34.7 Å². The van der Waals surface area contributed by atoms with E-state index in [0.717, 1.165) is 5.56 Å². The number of rotatable bonds is 7. The third kappa shape index (κ3) is 4.50. The third-order valence-electron chi connectivity index (χ3n) is 6.03. The smallest absolute Gasteiger partial charge is 0.338 e. The number of nitrogens with zero attached hydrogens (tertiary/aromatic N) is 4. The maximum atomic E-state index is 16.0. The van der Waals surface area contributed by atoms with E-state index in [-0.39, 0.29) is 41.0 Å². The number of anilines is 1. The Morgan fingerprint density at radius 3 is 2.58 bits per heavy atom. The van der Waals surface area contributed by atoms with Crippen LogP contribution in [0.1, 0.15) is 29.1 Å². The highest BCUT2D eigenvalue weighted by Gasteiger charge is 2.59. The van der Waals surface area contributed by atoms with Crippen LogP contribution in [0.4, 0.5) is 10.3 Å². The van der Waals surface area contributed by atoms with Crippen LogP contribution in [0.25, 0.3) is 11.2 Å². The van der Waals surface area contributed by atoms with Gasteiger partial charge in [0.15, 0.2) is 28.8 Å². The fourth-order valence-corrected chi connectivity index (χ4v) is 4.44. The van der Waals surface area contributed by atoms with Crippen molar-refractivity contribution in [3.8, 4) is 0 Å². The molecule has 1 aliphatic heterocycles. The number of hydrogen-bond acceptors (Lipinski definition) is 8. The molecule has 1 fully saturated rings. The molecule has 5 rings (SSSR count). The molecular formula is C25H23ClFN5O4. The molecule has 0 bridgehead atoms. The zero-order valence-electron chi connectivity index (χ0n) is 19.3. The van der Waals surface area contributed by atoms with Crippen LogP contribution in [-0.2, 0) is 20.8 Å². The van der Waals surface area contributed by atoms with Gasteiger partial charge in [-0.25, -0.2) is 14.2 Å². The minimum Gasteiger partial charge on any atom is -0.448 e. The molecule has 1 aliphatic rings. The third-order valence-corrected chi connectivity index (χ3v) is 6.30. The number of ether oxygens (including phenoxy) is 3. The largest absolute Gasteiger partial charge is 0.448 e. The number of esters is 1. The first kappa shape index (κ1) is 24.1. The molecule has 0 radical (unpaired) electrons. The van der Waals surface area contributed by atoms with Crippen LogP contribution >= 0.6 is 11.6 Å². The van der Waals surface area contributed by atoms with Gasteiger partial charge in [-0.2, -0.15) is 9.97 Å². The monoisotopic (exact) mass is 511 g/mol. The Kier molecular flexibility index (Phi) is 6.57. The minimum atomic E-state index is -1.76. The highest BCUT2D eigenvalue weighted by molar-refractivity contribution is 6.33. The predicted octanol–water partition coefficient (Wildman–Crippen LogP) is 4.13. The van der Waals surface area contributed by atoms with Gasteiger partial charge in [-0.05, 0) is 24.6 Å². The van der Waals surface area contributed by atoms with Gasteiger partial charge >= 0.3 is 5.97 Å². The van der Waals surface area contributed by atoms with E-state index in [0.29, 0.717) is 0 Å². The number of hydrogen-bond donors (Lipinski definition) is 1. The Labute approximate surface area is 211 Å². The molecule has 2 aromatic heterocycles. The first-order chi connectivity index (χ1) is 17.4. The van der Waals surface area contributed by atoms with E-state index < -0.39 is 30.1 Å². The molecule has 4 atom stereocenters. The normalized spacial score (nSPS) is 23.7. The maximum Gasteiger partial charge on any atom is 0.338 e. The van der Waals surface area contributed by atoms with Gasteiger partial charge < -0.3 is 19.9 Å². The second kappa shape index (κ2) is 9.81. The number of benzene rings is 2. The molecule has 0 saturated carbocycles. The van der Waals surface area contributed by atoms with Crippen molar-refractivity contribution in [3.05, 3.63) is 83.3 Å². The Balaban J connectivity index is 1.46. The molecule has 2 aromatic carbocycles. The van der Waals surface area contributed by atoms with E-state index in [4.69, 9.17) is 31.5 Å². The highest BCUT2D eigenvalue weighted by Crippen LogP contribution is 2.44. The topological polar surface area (TPSA) is 114 Å². The highest BCUT2D eigenvalue weighted by atomic mass is 35.5. The first-order valence-corrected chi connectivity index (χ1v) is 11.6. The summed E-state index contributed by atoms with van der Waals surface area (Å²) in [6.07, 6.45) is -2.54. The summed E-state index contributed by atoms with van der Waals surface area (Å²) in [5, 5.41) is 0.0387. The molecule has 186 valence electrons. The van der Waals surface area contributed by atoms with Crippen molar-refractivity contribution < 1.29 is 23.4 Å². The Morgan fingerprint density at radius 2 is 1.86 bits per heavy atom. The average Bonchev–Trinajstić information content (AvgIpc) is 3.39. The van der Waals surface area contributed by atoms with Gasteiger partial charge in [-0.15, -0.1) is 0 Å². The number of carbonyl (C=O) groups is 1. The lowest BCUT2D eigenvalue weighted by atomic mass is 9.97. The molecule has 36 heavy (non-hydrogen) atoms. The molecule has 0 amide bonds. The first-order valence-electron chi connectivity index (χ1n) is 11.2. The van der Waals surface area contributed by atoms with E-state index >= 15 is 4.39 Å². The number of fused-ring (bicyclic) bond motifs is 1. The predicted molar refractivity (Wildman–Crippen MR) is 130 cm³/mol. The number of nitrogen functional groups attached to an aromatic ring is 1. The Hall–Kier alpha value is -3.60. The summed E-state index contributed by atoms with van der Waals surface area (Å²) in [6.45, 7) is 1.67. The van der Waals surface area contributed by atoms with Crippen molar-refractivity contribution in [1.82, 2.24) is 19.5 Å². The molecule has 0 spiro atoms. The minimum absolute atomic E-state index is 0.0387. The van der Waals surface area contributed by atoms with E-state index in [1.807, 2.05) is 30.3 Å². The van der Waals surface area contributed by atoms with E-state index in [1.54, 1.807) is 30.3 Å². The summed E-state index contributed by atoms with van der Waals surface area (Å²) in [5.74, 6) is -0.786. The van der Waals surface area contributed by atoms with Gasteiger partial charge in [0, 0.05) is 0 Å². The summed E-state index contributed by atoms with van der Waals surface area (Å²) in [6, 6.07) is 17.8. The lowest BCUT2D eigenvalue weighted by molar-refractivity contribution is -0.102. The van der Waals surface area contributed by atoms with Crippen molar-refractivity contribution in [2.45, 2.75) is 37.6 Å². The summed E-state index contributed by atoms with van der Waals surface area (Å²) in [5.41, 5.74) is 5.71. The molecule has 0 aliphatic carbocycles. The van der Waals surface area contributed by atoms with E-state index in [1.165, 1.54) is 17.8 Å². The average molecular weight is 512 g/mol. The number of halogens is 2. The van der Waals surface area contributed by atoms with Crippen LogP contribution in [0.2, 0.25) is 5.15 Å². The van der Waals surface area contributed by atoms with Gasteiger partial charge in [0.2, 0.25) is 5.95 Å². The van der Waals surface area contributed by atoms with Crippen molar-refractivity contribution in [2.24, 2.45) is 0 Å². The van der Waals surface area contributed by atoms with Crippen molar-refractivity contribution in [3.63, 3.8) is 0 Å². The lowest BCUT2D eigenvalue weighted by Gasteiger charge is -2.31. The van der Waals surface area contributed by atoms with Crippen molar-refractivity contribution in [2.75, 3.05) is 12.3 Å². The SMILES string of the molecule is CC1(OC(=O)c2ccccc2)C(F)C(COCc2ccccc2)OC1n1cnc2c(Cl)nc(N)nc21. The van der Waals surface area contributed by atoms with Crippen LogP contribution in [0.5, 0.6) is 0 Å². The molecule has 4 unspecified atom stereocenters. The molecular weight excluding hydrogens is 489 g/mol. The fraction of sp³-hybridized carbons (Fsp3) is 0.280. The Bertz CT molecular complexity index is 1370. The molecule has 4 aromatic rings. The van der Waals surface area contributed by atoms with Crippen molar-refractivity contribution in [1.29, 1.82) is 0 Å². The molecule has 9 nitrogen and oxygen atoms in total. The van der Waals surface area contributed by atoms with Gasteiger partial charge in [0.1, 0.15) is 11.6 Å². The zero-order chi connectivity index (χ0) is 25.3. The van der Waals surface area contributed by atoms with E-state index in [9.17, 15) is 4.79 Å². The quantitative estimate of drug-likeness (QED) is 0.291. The summed E-state index contributed by atoms with van der Waals surface area (Å²) >= 11 is 6.17. The second-order valence-electron chi connectivity index (χ2n) is 8.57. The molecule has 1 saturated heterocycles. The lowest BCUT2D eigenvalue weighted by Crippen LogP contribution is -2.46. The summed E-state index contributed by atoms with van der Waals surface area (Å²) < 4.78 is 35.1. The van der Waals surface area contributed by atoms with Gasteiger partial charge in [0.25, 0.3) is 0 Å². The Morgan fingerprint density at radius 1 is 1.17 bits per heavy atom. The number of carbonyl (C=O) groups excluding carboxylic acids is 1. The fourth-order valence-electron chi connectivity index (χ4n) is 4.22. The van der Waals surface area contributed by atoms with Crippen LogP contribution in [0.3, 0.4) is 0 Å².